The van der Waals surface area contributed by atoms with Gasteiger partial charge in [0, 0.05) is 43.0 Å². The topological polar surface area (TPSA) is 127 Å². The van der Waals surface area contributed by atoms with E-state index in [0.29, 0.717) is 29.5 Å². The zero-order chi connectivity index (χ0) is 23.7. The lowest BCUT2D eigenvalue weighted by molar-refractivity contribution is -0.385. The molecular formula is C24H23N3O6. The summed E-state index contributed by atoms with van der Waals surface area (Å²) in [5, 5.41) is 13.4. The number of carbonyl (C=O) groups excluding carboxylic acids is 4. The number of carbonyl (C=O) groups is 4. The first-order valence-electron chi connectivity index (χ1n) is 10.7. The minimum atomic E-state index is -0.661. The van der Waals surface area contributed by atoms with Crippen LogP contribution in [0, 0.1) is 17.0 Å². The summed E-state index contributed by atoms with van der Waals surface area (Å²) in [5.41, 5.74) is 3.39. The highest BCUT2D eigenvalue weighted by Crippen LogP contribution is 2.28. The van der Waals surface area contributed by atoms with Gasteiger partial charge in [-0.25, -0.2) is 0 Å². The van der Waals surface area contributed by atoms with Gasteiger partial charge in [0.05, 0.1) is 4.92 Å². The van der Waals surface area contributed by atoms with Crippen molar-refractivity contribution in [2.24, 2.45) is 0 Å². The number of Topliss-reactive ketones (excluding diaryl/α,β-unsaturated/α-hetero) is 1. The second-order valence-corrected chi connectivity index (χ2v) is 8.48. The molecule has 2 aliphatic rings. The number of fused-ring (bicyclic) bond motifs is 1. The Hall–Kier alpha value is -3.88. The van der Waals surface area contributed by atoms with Crippen LogP contribution in [0.15, 0.2) is 36.4 Å². The van der Waals surface area contributed by atoms with E-state index in [4.69, 9.17) is 0 Å². The monoisotopic (exact) mass is 449 g/mol. The number of benzene rings is 2. The number of piperidine rings is 1. The van der Waals surface area contributed by atoms with Crippen LogP contribution >= 0.6 is 0 Å². The van der Waals surface area contributed by atoms with Gasteiger partial charge in [-0.05, 0) is 42.5 Å². The minimum Gasteiger partial charge on any atom is -0.322 e. The van der Waals surface area contributed by atoms with Gasteiger partial charge in [-0.1, -0.05) is 24.3 Å². The molecule has 3 amide bonds. The summed E-state index contributed by atoms with van der Waals surface area (Å²) in [6.07, 6.45) is 1.38. The van der Waals surface area contributed by atoms with E-state index < -0.39 is 16.9 Å². The van der Waals surface area contributed by atoms with Gasteiger partial charge in [0.1, 0.15) is 11.8 Å². The predicted octanol–water partition coefficient (Wildman–Crippen LogP) is 2.41. The first kappa shape index (κ1) is 22.3. The van der Waals surface area contributed by atoms with Gasteiger partial charge >= 0.3 is 0 Å². The Morgan fingerprint density at radius 2 is 1.91 bits per heavy atom. The number of imide groups is 1. The number of amides is 3. The van der Waals surface area contributed by atoms with Crippen LogP contribution in [0.1, 0.15) is 51.9 Å². The molecule has 1 N–H and O–H groups in total. The highest BCUT2D eigenvalue weighted by Gasteiger charge is 2.39. The average molecular weight is 449 g/mol. The molecule has 2 aliphatic heterocycles. The molecule has 33 heavy (non-hydrogen) atoms. The maximum atomic E-state index is 12.8. The first-order chi connectivity index (χ1) is 15.7. The van der Waals surface area contributed by atoms with E-state index in [1.54, 1.807) is 31.2 Å². The second-order valence-electron chi connectivity index (χ2n) is 8.48. The van der Waals surface area contributed by atoms with E-state index in [9.17, 15) is 29.3 Å². The molecule has 0 saturated carbocycles. The van der Waals surface area contributed by atoms with E-state index in [0.717, 1.165) is 11.1 Å². The number of rotatable bonds is 7. The molecule has 4 rings (SSSR count). The van der Waals surface area contributed by atoms with Crippen molar-refractivity contribution in [2.75, 3.05) is 0 Å². The fraction of sp³-hybridized carbons (Fsp3) is 0.333. The molecule has 2 aromatic rings. The molecule has 0 aliphatic carbocycles. The minimum absolute atomic E-state index is 0.00385. The van der Waals surface area contributed by atoms with Crippen molar-refractivity contribution in [1.82, 2.24) is 10.2 Å². The third-order valence-corrected chi connectivity index (χ3v) is 6.15. The number of nitro groups is 1. The zero-order valence-corrected chi connectivity index (χ0v) is 18.1. The van der Waals surface area contributed by atoms with Crippen molar-refractivity contribution in [3.05, 3.63) is 74.3 Å². The Labute approximate surface area is 189 Å². The number of ketones is 1. The summed E-state index contributed by atoms with van der Waals surface area (Å²) in [6.45, 7) is 1.94. The smallest absolute Gasteiger partial charge is 0.272 e. The van der Waals surface area contributed by atoms with E-state index >= 15 is 0 Å². The highest BCUT2D eigenvalue weighted by molar-refractivity contribution is 6.05. The van der Waals surface area contributed by atoms with Crippen LogP contribution in [-0.2, 0) is 33.8 Å². The molecule has 170 valence electrons. The van der Waals surface area contributed by atoms with Crippen LogP contribution in [0.2, 0.25) is 0 Å². The lowest BCUT2D eigenvalue weighted by Crippen LogP contribution is -2.52. The second kappa shape index (κ2) is 8.93. The molecule has 1 atom stereocenters. The van der Waals surface area contributed by atoms with E-state index in [1.807, 2.05) is 6.07 Å². The Morgan fingerprint density at radius 3 is 2.64 bits per heavy atom. The van der Waals surface area contributed by atoms with Gasteiger partial charge in [0.25, 0.3) is 11.6 Å². The molecule has 1 unspecified atom stereocenters. The molecule has 9 heteroatoms. The zero-order valence-electron chi connectivity index (χ0n) is 18.1. The summed E-state index contributed by atoms with van der Waals surface area (Å²) in [6, 6.07) is 9.55. The lowest BCUT2D eigenvalue weighted by atomic mass is 9.99. The van der Waals surface area contributed by atoms with Crippen LogP contribution in [0.25, 0.3) is 0 Å². The highest BCUT2D eigenvalue weighted by atomic mass is 16.6. The molecule has 0 spiro atoms. The Kier molecular flexibility index (Phi) is 6.04. The SMILES string of the molecule is Cc1ccc(CC(=O)CCc2ccc3c(c2)CN(C2CCC(=O)NC2=O)C3=O)cc1[N+](=O)[O-]. The maximum absolute atomic E-state index is 12.8. The summed E-state index contributed by atoms with van der Waals surface area (Å²) in [5.74, 6) is -1.04. The standard InChI is InChI=1S/C24H23N3O6/c1-14-2-3-16(12-21(14)27(32)33)11-18(28)6-4-15-5-7-19-17(10-15)13-26(24(19)31)20-8-9-22(29)25-23(20)30/h2-3,5,7,10,12,20H,4,6,8-9,11,13H2,1H3,(H,25,29,30). The van der Waals surface area contributed by atoms with E-state index in [1.165, 1.54) is 11.0 Å². The Balaban J connectivity index is 1.38. The van der Waals surface area contributed by atoms with E-state index in [-0.39, 0.29) is 49.1 Å². The maximum Gasteiger partial charge on any atom is 0.272 e. The van der Waals surface area contributed by atoms with Crippen molar-refractivity contribution in [3.63, 3.8) is 0 Å². The molecule has 0 aromatic heterocycles. The van der Waals surface area contributed by atoms with Gasteiger partial charge in [-0.3, -0.25) is 34.6 Å². The molecule has 2 heterocycles. The van der Waals surface area contributed by atoms with Gasteiger partial charge < -0.3 is 4.90 Å². The lowest BCUT2D eigenvalue weighted by Gasteiger charge is -2.29. The van der Waals surface area contributed by atoms with E-state index in [2.05, 4.69) is 5.32 Å². The van der Waals surface area contributed by atoms with Crippen LogP contribution in [0.5, 0.6) is 0 Å². The van der Waals surface area contributed by atoms with Gasteiger partial charge in [-0.15, -0.1) is 0 Å². The fourth-order valence-corrected chi connectivity index (χ4v) is 4.34. The normalized spacial score (nSPS) is 17.7. The number of hydrogen-bond acceptors (Lipinski definition) is 6. The van der Waals surface area contributed by atoms with Gasteiger partial charge in [0.15, 0.2) is 0 Å². The van der Waals surface area contributed by atoms with Crippen LogP contribution < -0.4 is 5.32 Å². The Morgan fingerprint density at radius 1 is 1.15 bits per heavy atom. The number of nitro benzene ring substituents is 1. The Bertz CT molecular complexity index is 1190. The number of nitrogens with zero attached hydrogens (tertiary/aromatic N) is 2. The van der Waals surface area contributed by atoms with Crippen molar-refractivity contribution in [2.45, 2.75) is 51.6 Å². The quantitative estimate of drug-likeness (QED) is 0.393. The summed E-state index contributed by atoms with van der Waals surface area (Å²) in [7, 11) is 0. The van der Waals surface area contributed by atoms with Crippen molar-refractivity contribution in [1.29, 1.82) is 0 Å². The molecule has 0 radical (unpaired) electrons. The fourth-order valence-electron chi connectivity index (χ4n) is 4.34. The number of hydrogen-bond donors (Lipinski definition) is 1. The van der Waals surface area contributed by atoms with Crippen LogP contribution in [0.3, 0.4) is 0 Å². The van der Waals surface area contributed by atoms with Gasteiger partial charge in [0.2, 0.25) is 11.8 Å². The van der Waals surface area contributed by atoms with Crippen molar-refractivity contribution < 1.29 is 24.1 Å². The van der Waals surface area contributed by atoms with Gasteiger partial charge in [-0.2, -0.15) is 0 Å². The molecule has 2 aromatic carbocycles. The molecule has 1 saturated heterocycles. The van der Waals surface area contributed by atoms with Crippen LogP contribution in [0.4, 0.5) is 5.69 Å². The van der Waals surface area contributed by atoms with Crippen LogP contribution in [-0.4, -0.2) is 39.4 Å². The third-order valence-electron chi connectivity index (χ3n) is 6.15. The number of aryl methyl sites for hydroxylation is 2. The summed E-state index contributed by atoms with van der Waals surface area (Å²) >= 11 is 0. The number of nitrogens with one attached hydrogen (secondary N) is 1. The third kappa shape index (κ3) is 4.67. The molecular weight excluding hydrogens is 426 g/mol. The average Bonchev–Trinajstić information content (AvgIpc) is 3.09. The molecule has 9 nitrogen and oxygen atoms in total. The van der Waals surface area contributed by atoms with Crippen molar-refractivity contribution >= 4 is 29.2 Å². The molecule has 1 fully saturated rings. The summed E-state index contributed by atoms with van der Waals surface area (Å²) < 4.78 is 0. The largest absolute Gasteiger partial charge is 0.322 e. The predicted molar refractivity (Wildman–Crippen MR) is 117 cm³/mol. The summed E-state index contributed by atoms with van der Waals surface area (Å²) in [4.78, 5) is 60.9. The first-order valence-corrected chi connectivity index (χ1v) is 10.7. The molecule has 0 bridgehead atoms. The van der Waals surface area contributed by atoms with Crippen molar-refractivity contribution in [3.8, 4) is 0 Å².